The normalized spacial score (nSPS) is 22.9. The molecule has 3 atom stereocenters. The Morgan fingerprint density at radius 2 is 1.94 bits per heavy atom. The first kappa shape index (κ1) is 14.1. The highest BCUT2D eigenvalue weighted by Crippen LogP contribution is 2.32. The summed E-state index contributed by atoms with van der Waals surface area (Å²) in [6.07, 6.45) is 5.17. The lowest BCUT2D eigenvalue weighted by Gasteiger charge is -2.16. The summed E-state index contributed by atoms with van der Waals surface area (Å²) >= 11 is 3.79. The summed E-state index contributed by atoms with van der Waals surface area (Å²) in [6, 6.07) is 9.06. The van der Waals surface area contributed by atoms with Crippen molar-refractivity contribution in [2.75, 3.05) is 6.61 Å². The van der Waals surface area contributed by atoms with E-state index in [0.29, 0.717) is 16.8 Å². The molecule has 2 heteroatoms. The second-order valence-corrected chi connectivity index (χ2v) is 6.42. The molecule has 1 heterocycles. The maximum absolute atomic E-state index is 5.69. The van der Waals surface area contributed by atoms with E-state index in [1.807, 2.05) is 0 Å². The summed E-state index contributed by atoms with van der Waals surface area (Å²) < 4.78 is 5.69. The third kappa shape index (κ3) is 3.58. The second kappa shape index (κ2) is 6.72. The van der Waals surface area contributed by atoms with Gasteiger partial charge >= 0.3 is 0 Å². The van der Waals surface area contributed by atoms with Crippen LogP contribution in [-0.4, -0.2) is 12.7 Å². The lowest BCUT2D eigenvalue weighted by Crippen LogP contribution is -2.08. The third-order valence-corrected chi connectivity index (χ3v) is 4.88. The van der Waals surface area contributed by atoms with E-state index in [4.69, 9.17) is 4.74 Å². The maximum atomic E-state index is 5.69. The van der Waals surface area contributed by atoms with E-state index in [-0.39, 0.29) is 0 Å². The average molecular weight is 311 g/mol. The number of alkyl halides is 1. The van der Waals surface area contributed by atoms with Crippen LogP contribution in [0, 0.1) is 0 Å². The highest BCUT2D eigenvalue weighted by atomic mass is 79.9. The van der Waals surface area contributed by atoms with E-state index < -0.39 is 0 Å². The van der Waals surface area contributed by atoms with Gasteiger partial charge in [-0.15, -0.1) is 0 Å². The van der Waals surface area contributed by atoms with Gasteiger partial charge in [0.2, 0.25) is 0 Å². The SMILES string of the molecule is CCC(C)c1ccc(C(Br)CC2CCCO2)cc1. The minimum Gasteiger partial charge on any atom is -0.378 e. The smallest absolute Gasteiger partial charge is 0.0589 e. The molecule has 1 nitrogen and oxygen atoms in total. The molecule has 0 N–H and O–H groups in total. The summed E-state index contributed by atoms with van der Waals surface area (Å²) in [5.74, 6) is 0.658. The zero-order chi connectivity index (χ0) is 13.0. The van der Waals surface area contributed by atoms with Crippen LogP contribution in [0.25, 0.3) is 0 Å². The Morgan fingerprint density at radius 1 is 1.28 bits per heavy atom. The van der Waals surface area contributed by atoms with Crippen LogP contribution in [0.15, 0.2) is 24.3 Å². The molecule has 2 rings (SSSR count). The van der Waals surface area contributed by atoms with Crippen LogP contribution in [0.3, 0.4) is 0 Å². The van der Waals surface area contributed by atoms with Crippen LogP contribution in [0.5, 0.6) is 0 Å². The topological polar surface area (TPSA) is 9.23 Å². The summed E-state index contributed by atoms with van der Waals surface area (Å²) in [4.78, 5) is 0.423. The van der Waals surface area contributed by atoms with E-state index in [1.165, 1.54) is 30.4 Å². The van der Waals surface area contributed by atoms with Gasteiger partial charge in [0.25, 0.3) is 0 Å². The third-order valence-electron chi connectivity index (χ3n) is 3.97. The minimum absolute atomic E-state index is 0.423. The Balaban J connectivity index is 1.95. The number of ether oxygens (including phenoxy) is 1. The molecule has 100 valence electrons. The van der Waals surface area contributed by atoms with E-state index in [2.05, 4.69) is 54.0 Å². The van der Waals surface area contributed by atoms with Crippen LogP contribution in [-0.2, 0) is 4.74 Å². The Labute approximate surface area is 119 Å². The lowest BCUT2D eigenvalue weighted by molar-refractivity contribution is 0.104. The molecule has 0 aliphatic carbocycles. The molecule has 1 saturated heterocycles. The van der Waals surface area contributed by atoms with Crippen molar-refractivity contribution in [1.82, 2.24) is 0 Å². The van der Waals surface area contributed by atoms with Gasteiger partial charge in [-0.1, -0.05) is 54.0 Å². The Kier molecular flexibility index (Phi) is 5.25. The lowest BCUT2D eigenvalue weighted by atomic mass is 9.96. The van der Waals surface area contributed by atoms with E-state index in [1.54, 1.807) is 0 Å². The monoisotopic (exact) mass is 310 g/mol. The molecule has 1 fully saturated rings. The molecule has 0 aromatic heterocycles. The fraction of sp³-hybridized carbons (Fsp3) is 0.625. The zero-order valence-electron chi connectivity index (χ0n) is 11.4. The molecular formula is C16H23BrO. The molecule has 1 aromatic carbocycles. The largest absolute Gasteiger partial charge is 0.378 e. The predicted molar refractivity (Wildman–Crippen MR) is 80.4 cm³/mol. The van der Waals surface area contributed by atoms with Crippen LogP contribution < -0.4 is 0 Å². The molecule has 18 heavy (non-hydrogen) atoms. The Bertz CT molecular complexity index is 354. The van der Waals surface area contributed by atoms with Gasteiger partial charge in [0.15, 0.2) is 0 Å². The number of halogens is 1. The number of benzene rings is 1. The van der Waals surface area contributed by atoms with Gasteiger partial charge in [-0.25, -0.2) is 0 Å². The molecule has 1 aliphatic heterocycles. The summed E-state index contributed by atoms with van der Waals surface area (Å²) in [6.45, 7) is 5.47. The molecule has 0 amide bonds. The number of rotatable bonds is 5. The summed E-state index contributed by atoms with van der Waals surface area (Å²) in [5, 5.41) is 0. The Hall–Kier alpha value is -0.340. The molecular weight excluding hydrogens is 288 g/mol. The number of hydrogen-bond donors (Lipinski definition) is 0. The van der Waals surface area contributed by atoms with Gasteiger partial charge in [-0.2, -0.15) is 0 Å². The first-order valence-electron chi connectivity index (χ1n) is 7.06. The van der Waals surface area contributed by atoms with Crippen LogP contribution in [0.4, 0.5) is 0 Å². The van der Waals surface area contributed by atoms with Gasteiger partial charge in [-0.05, 0) is 42.7 Å². The van der Waals surface area contributed by atoms with Crippen molar-refractivity contribution in [2.45, 2.75) is 56.4 Å². The highest BCUT2D eigenvalue weighted by Gasteiger charge is 2.20. The van der Waals surface area contributed by atoms with Crippen molar-refractivity contribution < 1.29 is 4.74 Å². The van der Waals surface area contributed by atoms with Crippen molar-refractivity contribution in [1.29, 1.82) is 0 Å². The van der Waals surface area contributed by atoms with Gasteiger partial charge in [-0.3, -0.25) is 0 Å². The van der Waals surface area contributed by atoms with Crippen molar-refractivity contribution in [3.63, 3.8) is 0 Å². The molecule has 0 saturated carbocycles. The van der Waals surface area contributed by atoms with Crippen molar-refractivity contribution in [3.05, 3.63) is 35.4 Å². The molecule has 1 aliphatic rings. The van der Waals surface area contributed by atoms with Crippen molar-refractivity contribution in [2.24, 2.45) is 0 Å². The number of hydrogen-bond acceptors (Lipinski definition) is 1. The fourth-order valence-electron chi connectivity index (χ4n) is 2.47. The van der Waals surface area contributed by atoms with Crippen LogP contribution >= 0.6 is 15.9 Å². The molecule has 0 spiro atoms. The van der Waals surface area contributed by atoms with Gasteiger partial charge in [0.1, 0.15) is 0 Å². The summed E-state index contributed by atoms with van der Waals surface area (Å²) in [5.41, 5.74) is 2.82. The minimum atomic E-state index is 0.423. The highest BCUT2D eigenvalue weighted by molar-refractivity contribution is 9.09. The van der Waals surface area contributed by atoms with E-state index >= 15 is 0 Å². The average Bonchev–Trinajstić information content (AvgIpc) is 2.91. The van der Waals surface area contributed by atoms with Crippen molar-refractivity contribution in [3.8, 4) is 0 Å². The molecule has 1 aromatic rings. The van der Waals surface area contributed by atoms with Gasteiger partial charge in [0, 0.05) is 11.4 Å². The quantitative estimate of drug-likeness (QED) is 0.679. The fourth-order valence-corrected chi connectivity index (χ4v) is 3.19. The summed E-state index contributed by atoms with van der Waals surface area (Å²) in [7, 11) is 0. The maximum Gasteiger partial charge on any atom is 0.0589 e. The molecule has 3 unspecified atom stereocenters. The zero-order valence-corrected chi connectivity index (χ0v) is 12.9. The van der Waals surface area contributed by atoms with Crippen molar-refractivity contribution >= 4 is 15.9 Å². The molecule has 0 radical (unpaired) electrons. The first-order valence-corrected chi connectivity index (χ1v) is 7.97. The standard InChI is InChI=1S/C16H23BrO/c1-3-12(2)13-6-8-14(9-7-13)16(17)11-15-5-4-10-18-15/h6-9,12,15-16H,3-5,10-11H2,1-2H3. The molecule has 0 bridgehead atoms. The van der Waals surface area contributed by atoms with E-state index in [0.717, 1.165) is 13.0 Å². The van der Waals surface area contributed by atoms with Gasteiger partial charge < -0.3 is 4.74 Å². The van der Waals surface area contributed by atoms with Crippen LogP contribution in [0.1, 0.15) is 61.4 Å². The van der Waals surface area contributed by atoms with E-state index in [9.17, 15) is 0 Å². The first-order chi connectivity index (χ1) is 8.70. The second-order valence-electron chi connectivity index (χ2n) is 5.31. The predicted octanol–water partition coefficient (Wildman–Crippen LogP) is 5.21. The Morgan fingerprint density at radius 3 is 2.50 bits per heavy atom. The van der Waals surface area contributed by atoms with Gasteiger partial charge in [0.05, 0.1) is 6.10 Å². The van der Waals surface area contributed by atoms with Crippen LogP contribution in [0.2, 0.25) is 0 Å².